The number of hydrogen-bond donors (Lipinski definition) is 1. The summed E-state index contributed by atoms with van der Waals surface area (Å²) in [5.74, 6) is -0.609. The lowest BCUT2D eigenvalue weighted by atomic mass is 10.2. The number of carbonyl (C=O) groups is 2. The minimum absolute atomic E-state index is 0.158. The first-order valence-electron chi connectivity index (χ1n) is 8.46. The Morgan fingerprint density at radius 3 is 2.61 bits per heavy atom. The Bertz CT molecular complexity index is 963. The molecule has 0 aliphatic heterocycles. The van der Waals surface area contributed by atoms with Crippen molar-refractivity contribution in [2.75, 3.05) is 11.9 Å². The van der Waals surface area contributed by atoms with Gasteiger partial charge in [-0.15, -0.1) is 0 Å². The summed E-state index contributed by atoms with van der Waals surface area (Å²) in [6, 6.07) is 19.5. The zero-order valence-electron chi connectivity index (χ0n) is 14.8. The van der Waals surface area contributed by atoms with Crippen molar-refractivity contribution in [1.82, 2.24) is 4.98 Å². The lowest BCUT2D eigenvalue weighted by Crippen LogP contribution is -2.21. The molecule has 6 nitrogen and oxygen atoms in total. The van der Waals surface area contributed by atoms with Crippen LogP contribution in [0.5, 0.6) is 5.75 Å². The standard InChI is InChI=1S/C21H17ClN2O4/c22-20-18(10-5-11-23-20)24-19(25)14-28-21(26)16-8-4-9-17(12-16)27-13-15-6-2-1-3-7-15/h1-12H,13-14H2,(H,24,25). The largest absolute Gasteiger partial charge is 0.489 e. The van der Waals surface area contributed by atoms with Gasteiger partial charge in [0.25, 0.3) is 5.91 Å². The predicted octanol–water partition coefficient (Wildman–Crippen LogP) is 4.11. The van der Waals surface area contributed by atoms with Crippen LogP contribution in [-0.4, -0.2) is 23.5 Å². The van der Waals surface area contributed by atoms with E-state index in [0.29, 0.717) is 18.0 Å². The lowest BCUT2D eigenvalue weighted by Gasteiger charge is -2.09. The van der Waals surface area contributed by atoms with Crippen molar-refractivity contribution >= 4 is 29.2 Å². The lowest BCUT2D eigenvalue weighted by molar-refractivity contribution is -0.119. The molecule has 0 bridgehead atoms. The first kappa shape index (κ1) is 19.4. The molecule has 0 aliphatic rings. The topological polar surface area (TPSA) is 77.5 Å². The molecular formula is C21H17ClN2O4. The summed E-state index contributed by atoms with van der Waals surface area (Å²) >= 11 is 5.87. The van der Waals surface area contributed by atoms with E-state index in [2.05, 4.69) is 10.3 Å². The second-order valence-electron chi connectivity index (χ2n) is 5.77. The molecule has 0 saturated carbocycles. The highest BCUT2D eigenvalue weighted by molar-refractivity contribution is 6.32. The molecule has 1 aromatic heterocycles. The average molecular weight is 397 g/mol. The van der Waals surface area contributed by atoms with Crippen LogP contribution >= 0.6 is 11.6 Å². The number of aromatic nitrogens is 1. The van der Waals surface area contributed by atoms with Gasteiger partial charge in [-0.25, -0.2) is 9.78 Å². The molecule has 7 heteroatoms. The molecule has 1 amide bonds. The molecule has 0 unspecified atom stereocenters. The molecule has 0 saturated heterocycles. The number of nitrogens with one attached hydrogen (secondary N) is 1. The van der Waals surface area contributed by atoms with Crippen LogP contribution in [0.1, 0.15) is 15.9 Å². The van der Waals surface area contributed by atoms with Crippen molar-refractivity contribution in [3.8, 4) is 5.75 Å². The first-order valence-corrected chi connectivity index (χ1v) is 8.84. The molecule has 0 radical (unpaired) electrons. The van der Waals surface area contributed by atoms with E-state index in [1.807, 2.05) is 30.3 Å². The fourth-order valence-electron chi connectivity index (χ4n) is 2.33. The van der Waals surface area contributed by atoms with Crippen LogP contribution in [0.15, 0.2) is 72.9 Å². The van der Waals surface area contributed by atoms with E-state index in [1.54, 1.807) is 36.4 Å². The van der Waals surface area contributed by atoms with Crippen LogP contribution in [-0.2, 0) is 16.1 Å². The molecule has 142 valence electrons. The Hall–Kier alpha value is -3.38. The Balaban J connectivity index is 1.52. The number of pyridine rings is 1. The average Bonchev–Trinajstić information content (AvgIpc) is 2.73. The monoisotopic (exact) mass is 396 g/mol. The minimum Gasteiger partial charge on any atom is -0.489 e. The fourth-order valence-corrected chi connectivity index (χ4v) is 2.50. The maximum atomic E-state index is 12.2. The maximum Gasteiger partial charge on any atom is 0.338 e. The Morgan fingerprint density at radius 2 is 1.82 bits per heavy atom. The van der Waals surface area contributed by atoms with Crippen molar-refractivity contribution in [3.05, 3.63) is 89.2 Å². The van der Waals surface area contributed by atoms with E-state index in [-0.39, 0.29) is 10.7 Å². The summed E-state index contributed by atoms with van der Waals surface area (Å²) in [5.41, 5.74) is 1.65. The normalized spacial score (nSPS) is 10.2. The quantitative estimate of drug-likeness (QED) is 0.480. The number of esters is 1. The summed E-state index contributed by atoms with van der Waals surface area (Å²) in [5, 5.41) is 2.69. The van der Waals surface area contributed by atoms with Crippen LogP contribution in [0.2, 0.25) is 5.15 Å². The van der Waals surface area contributed by atoms with Gasteiger partial charge in [0, 0.05) is 6.20 Å². The zero-order valence-corrected chi connectivity index (χ0v) is 15.6. The molecule has 1 N–H and O–H groups in total. The van der Waals surface area contributed by atoms with E-state index in [4.69, 9.17) is 21.1 Å². The second kappa shape index (κ2) is 9.53. The van der Waals surface area contributed by atoms with Gasteiger partial charge in [-0.2, -0.15) is 0 Å². The summed E-state index contributed by atoms with van der Waals surface area (Å²) < 4.78 is 10.7. The summed E-state index contributed by atoms with van der Waals surface area (Å²) in [6.45, 7) is -0.0627. The van der Waals surface area contributed by atoms with Crippen LogP contribution in [0.4, 0.5) is 5.69 Å². The van der Waals surface area contributed by atoms with Crippen molar-refractivity contribution in [3.63, 3.8) is 0 Å². The van der Waals surface area contributed by atoms with Gasteiger partial charge in [0.1, 0.15) is 12.4 Å². The number of ether oxygens (including phenoxy) is 2. The van der Waals surface area contributed by atoms with E-state index in [1.165, 1.54) is 6.20 Å². The first-order chi connectivity index (χ1) is 13.6. The van der Waals surface area contributed by atoms with Crippen molar-refractivity contribution < 1.29 is 19.1 Å². The molecule has 0 spiro atoms. The fraction of sp³-hybridized carbons (Fsp3) is 0.0952. The van der Waals surface area contributed by atoms with Crippen LogP contribution in [0.3, 0.4) is 0 Å². The van der Waals surface area contributed by atoms with Crippen molar-refractivity contribution in [1.29, 1.82) is 0 Å². The van der Waals surface area contributed by atoms with Crippen LogP contribution < -0.4 is 10.1 Å². The van der Waals surface area contributed by atoms with Gasteiger partial charge in [0.2, 0.25) is 0 Å². The zero-order chi connectivity index (χ0) is 19.8. The summed E-state index contributed by atoms with van der Waals surface area (Å²) in [6.07, 6.45) is 1.50. The number of carbonyl (C=O) groups excluding carboxylic acids is 2. The van der Waals surface area contributed by atoms with Crippen LogP contribution in [0, 0.1) is 0 Å². The number of amides is 1. The van der Waals surface area contributed by atoms with Crippen LogP contribution in [0.25, 0.3) is 0 Å². The summed E-state index contributed by atoms with van der Waals surface area (Å²) in [7, 11) is 0. The van der Waals surface area contributed by atoms with Gasteiger partial charge in [-0.05, 0) is 35.9 Å². The molecular weight excluding hydrogens is 380 g/mol. The molecule has 0 aliphatic carbocycles. The highest BCUT2D eigenvalue weighted by atomic mass is 35.5. The third kappa shape index (κ3) is 5.56. The molecule has 3 rings (SSSR count). The number of nitrogens with zero attached hydrogens (tertiary/aromatic N) is 1. The van der Waals surface area contributed by atoms with E-state index >= 15 is 0 Å². The van der Waals surface area contributed by atoms with Gasteiger partial charge in [0.15, 0.2) is 11.8 Å². The summed E-state index contributed by atoms with van der Waals surface area (Å²) in [4.78, 5) is 28.0. The van der Waals surface area contributed by atoms with Gasteiger partial charge in [0.05, 0.1) is 11.3 Å². The number of rotatable bonds is 7. The van der Waals surface area contributed by atoms with Gasteiger partial charge in [-0.1, -0.05) is 48.0 Å². The maximum absolute atomic E-state index is 12.2. The number of halogens is 1. The third-order valence-corrected chi connectivity index (χ3v) is 3.99. The Labute approximate surface area is 167 Å². The molecule has 28 heavy (non-hydrogen) atoms. The van der Waals surface area contributed by atoms with E-state index in [9.17, 15) is 9.59 Å². The van der Waals surface area contributed by atoms with E-state index in [0.717, 1.165) is 5.56 Å². The molecule has 1 heterocycles. The third-order valence-electron chi connectivity index (χ3n) is 3.69. The van der Waals surface area contributed by atoms with E-state index < -0.39 is 18.5 Å². The predicted molar refractivity (Wildman–Crippen MR) is 105 cm³/mol. The van der Waals surface area contributed by atoms with Crippen molar-refractivity contribution in [2.45, 2.75) is 6.61 Å². The van der Waals surface area contributed by atoms with Crippen molar-refractivity contribution in [2.24, 2.45) is 0 Å². The highest BCUT2D eigenvalue weighted by Crippen LogP contribution is 2.18. The van der Waals surface area contributed by atoms with Gasteiger partial charge in [-0.3, -0.25) is 4.79 Å². The number of benzene rings is 2. The minimum atomic E-state index is -0.627. The molecule has 3 aromatic rings. The van der Waals surface area contributed by atoms with Gasteiger partial charge >= 0.3 is 5.97 Å². The molecule has 2 aromatic carbocycles. The second-order valence-corrected chi connectivity index (χ2v) is 6.13. The van der Waals surface area contributed by atoms with Gasteiger partial charge < -0.3 is 14.8 Å². The Morgan fingerprint density at radius 1 is 1.00 bits per heavy atom. The SMILES string of the molecule is O=C(COC(=O)c1cccc(OCc2ccccc2)c1)Nc1cccnc1Cl. The highest BCUT2D eigenvalue weighted by Gasteiger charge is 2.12. The number of hydrogen-bond acceptors (Lipinski definition) is 5. The molecule has 0 fully saturated rings. The number of anilines is 1. The smallest absolute Gasteiger partial charge is 0.338 e. The Kier molecular flexibility index (Phi) is 6.59. The molecule has 0 atom stereocenters.